The van der Waals surface area contributed by atoms with Gasteiger partial charge >= 0.3 is 33.6 Å². The van der Waals surface area contributed by atoms with Crippen LogP contribution in [0.2, 0.25) is 0 Å². The number of unbranched alkanes of at least 4 members (excludes halogenated alkanes) is 27. The summed E-state index contributed by atoms with van der Waals surface area (Å²) in [5.41, 5.74) is 0. The van der Waals surface area contributed by atoms with Gasteiger partial charge in [-0.1, -0.05) is 302 Å². The van der Waals surface area contributed by atoms with E-state index in [2.05, 4.69) is 154 Å². The minimum absolute atomic E-state index is 0.0987. The highest BCUT2D eigenvalue weighted by molar-refractivity contribution is 7.47. The van der Waals surface area contributed by atoms with Crippen LogP contribution in [-0.4, -0.2) is 95.9 Å². The van der Waals surface area contributed by atoms with Crippen molar-refractivity contribution in [1.82, 2.24) is 0 Å². The first-order valence-corrected chi connectivity index (χ1v) is 41.5. The molecular weight excluding hydrogens is 1290 g/mol. The van der Waals surface area contributed by atoms with E-state index in [1.54, 1.807) is 0 Å². The predicted molar refractivity (Wildman–Crippen MR) is 408 cm³/mol. The second kappa shape index (κ2) is 73.4. The second-order valence-electron chi connectivity index (χ2n) is 25.4. The van der Waals surface area contributed by atoms with Crippen LogP contribution >= 0.6 is 15.6 Å². The van der Waals surface area contributed by atoms with Crippen LogP contribution in [0.15, 0.2) is 134 Å². The third-order valence-corrected chi connectivity index (χ3v) is 17.8. The van der Waals surface area contributed by atoms with Crippen molar-refractivity contribution in [3.05, 3.63) is 134 Å². The van der Waals surface area contributed by atoms with Crippen LogP contribution in [-0.2, 0) is 55.8 Å². The number of phosphoric acid groups is 2. The molecule has 0 aromatic carbocycles. The molecular formula is C81H138O16P2. The van der Waals surface area contributed by atoms with Gasteiger partial charge in [-0.3, -0.25) is 32.5 Å². The molecule has 568 valence electrons. The van der Waals surface area contributed by atoms with Crippen LogP contribution < -0.4 is 0 Å². The SMILES string of the molecule is CC/C=C\C/C=C\C/C=C\C/C=C\C/C=C\C/C=C\CCCCCCC(=O)OCC(COP(=O)(O)OCC(O)COP(=O)(O)OCC(O)COC(=O)CCCCCCCCCCCCC/C=C\C/C=C\C/C=C\C/C=C\C/C=C\CC)OC(=O)CCCCCCCCCCCCCCC. The summed E-state index contributed by atoms with van der Waals surface area (Å²) in [6, 6.07) is 0. The van der Waals surface area contributed by atoms with Gasteiger partial charge in [-0.05, 0) is 116 Å². The Hall–Kier alpha value is -4.31. The molecule has 0 aromatic rings. The Morgan fingerprint density at radius 1 is 0.293 bits per heavy atom. The molecule has 16 nitrogen and oxygen atoms in total. The lowest BCUT2D eigenvalue weighted by atomic mass is 10.0. The maximum atomic E-state index is 12.9. The van der Waals surface area contributed by atoms with Crippen LogP contribution in [0.1, 0.15) is 303 Å². The zero-order valence-corrected chi connectivity index (χ0v) is 63.7. The molecule has 0 heterocycles. The molecule has 5 atom stereocenters. The lowest BCUT2D eigenvalue weighted by molar-refractivity contribution is -0.161. The summed E-state index contributed by atoms with van der Waals surface area (Å²) in [5, 5.41) is 20.6. The molecule has 0 aromatic heterocycles. The average molecular weight is 1430 g/mol. The number of carbonyl (C=O) groups is 3. The summed E-state index contributed by atoms with van der Waals surface area (Å²) in [7, 11) is -9.79. The van der Waals surface area contributed by atoms with E-state index >= 15 is 0 Å². The van der Waals surface area contributed by atoms with Gasteiger partial charge in [-0.2, -0.15) is 0 Å². The van der Waals surface area contributed by atoms with E-state index in [-0.39, 0.29) is 19.3 Å². The lowest BCUT2D eigenvalue weighted by Crippen LogP contribution is -2.30. The molecule has 4 N–H and O–H groups in total. The number of aliphatic hydroxyl groups is 2. The van der Waals surface area contributed by atoms with Crippen LogP contribution in [0.5, 0.6) is 0 Å². The molecule has 0 bridgehead atoms. The predicted octanol–water partition coefficient (Wildman–Crippen LogP) is 22.3. The largest absolute Gasteiger partial charge is 0.472 e. The van der Waals surface area contributed by atoms with Gasteiger partial charge in [0.1, 0.15) is 25.4 Å². The summed E-state index contributed by atoms with van der Waals surface area (Å²) in [6.07, 6.45) is 87.8. The fourth-order valence-electron chi connectivity index (χ4n) is 10.1. The normalized spacial score (nSPS) is 14.8. The summed E-state index contributed by atoms with van der Waals surface area (Å²) in [6.45, 7) is 2.43. The smallest absolute Gasteiger partial charge is 0.463 e. The van der Waals surface area contributed by atoms with Crippen molar-refractivity contribution in [2.45, 2.75) is 322 Å². The van der Waals surface area contributed by atoms with Gasteiger partial charge in [0.25, 0.3) is 0 Å². The first kappa shape index (κ1) is 94.7. The van der Waals surface area contributed by atoms with E-state index in [1.807, 2.05) is 0 Å². The van der Waals surface area contributed by atoms with Crippen molar-refractivity contribution in [3.63, 3.8) is 0 Å². The third kappa shape index (κ3) is 74.7. The van der Waals surface area contributed by atoms with Crippen LogP contribution in [0.25, 0.3) is 0 Å². The molecule has 0 fully saturated rings. The van der Waals surface area contributed by atoms with E-state index in [0.717, 1.165) is 148 Å². The van der Waals surface area contributed by atoms with Crippen LogP contribution in [0, 0.1) is 0 Å². The quantitative estimate of drug-likeness (QED) is 0.0146. The molecule has 0 aliphatic heterocycles. The van der Waals surface area contributed by atoms with Gasteiger partial charge < -0.3 is 34.2 Å². The van der Waals surface area contributed by atoms with Crippen LogP contribution in [0.4, 0.5) is 0 Å². The summed E-state index contributed by atoms with van der Waals surface area (Å²) < 4.78 is 61.1. The topological polar surface area (TPSA) is 231 Å². The highest BCUT2D eigenvalue weighted by Crippen LogP contribution is 2.45. The van der Waals surface area contributed by atoms with Crippen molar-refractivity contribution in [2.24, 2.45) is 0 Å². The average Bonchev–Trinajstić information content (AvgIpc) is 1.02. The number of ether oxygens (including phenoxy) is 3. The molecule has 18 heteroatoms. The number of esters is 3. The highest BCUT2D eigenvalue weighted by Gasteiger charge is 2.29. The van der Waals surface area contributed by atoms with Gasteiger partial charge in [0.05, 0.1) is 26.4 Å². The van der Waals surface area contributed by atoms with E-state index in [4.69, 9.17) is 32.3 Å². The summed E-state index contributed by atoms with van der Waals surface area (Å²) >= 11 is 0. The maximum absolute atomic E-state index is 12.9. The standard InChI is InChI=1S/C81H138O16P2/c1-4-7-10-13-16-19-22-25-27-29-31-33-35-36-37-38-40-42-43-45-47-50-52-55-58-61-64-67-79(84)91-70-76(82)71-93-98(87,88)94-72-77(83)73-95-99(89,90)96-75-78(97-81(86)69-66-63-60-57-54-49-24-21-18-15-12-9-6-3)74-92-80(85)68-65-62-59-56-53-51-48-46-44-41-39-34-32-30-28-26-23-20-17-14-11-8-5-2/h7-8,10-11,16-17,19-20,25-28,31-34,36-37,41,44,48,51,76-78,82-83H,4-6,9,12-15,18,21-24,29-30,35,38-40,42-43,45-47,49-50,52-75H2,1-3H3,(H,87,88)(H,89,90)/b10-7-,11-8-,19-16-,20-17-,27-25-,28-26-,33-31-,34-32-,37-36-,44-41-,51-48-. The number of aliphatic hydroxyl groups excluding tert-OH is 2. The molecule has 0 rings (SSSR count). The van der Waals surface area contributed by atoms with Crippen LogP contribution in [0.3, 0.4) is 0 Å². The molecule has 0 aliphatic carbocycles. The number of allylic oxidation sites excluding steroid dienone is 22. The van der Waals surface area contributed by atoms with Crippen molar-refractivity contribution < 1.29 is 75.8 Å². The zero-order valence-electron chi connectivity index (χ0n) is 61.9. The van der Waals surface area contributed by atoms with E-state index < -0.39 is 91.5 Å². The number of hydrogen-bond donors (Lipinski definition) is 4. The third-order valence-electron chi connectivity index (χ3n) is 15.9. The molecule has 0 saturated carbocycles. The number of hydrogen-bond acceptors (Lipinski definition) is 14. The van der Waals surface area contributed by atoms with Crippen molar-refractivity contribution in [1.29, 1.82) is 0 Å². The number of carbonyl (C=O) groups excluding carboxylic acids is 3. The minimum Gasteiger partial charge on any atom is -0.463 e. The Bertz CT molecular complexity index is 2330. The van der Waals surface area contributed by atoms with E-state index in [0.29, 0.717) is 19.3 Å². The van der Waals surface area contributed by atoms with Gasteiger partial charge in [0.2, 0.25) is 0 Å². The summed E-state index contributed by atoms with van der Waals surface area (Å²) in [5.74, 6) is -1.60. The number of phosphoric ester groups is 2. The summed E-state index contributed by atoms with van der Waals surface area (Å²) in [4.78, 5) is 58.6. The zero-order chi connectivity index (χ0) is 72.3. The lowest BCUT2D eigenvalue weighted by Gasteiger charge is -2.21. The van der Waals surface area contributed by atoms with Gasteiger partial charge in [0.15, 0.2) is 6.10 Å². The molecule has 99 heavy (non-hydrogen) atoms. The molecule has 5 unspecified atom stereocenters. The van der Waals surface area contributed by atoms with Crippen molar-refractivity contribution in [2.75, 3.05) is 39.6 Å². The van der Waals surface area contributed by atoms with Crippen molar-refractivity contribution in [3.8, 4) is 0 Å². The number of rotatable bonds is 72. The van der Waals surface area contributed by atoms with E-state index in [9.17, 15) is 43.5 Å². The first-order chi connectivity index (χ1) is 48.2. The fraction of sp³-hybridized carbons (Fsp3) is 0.691. The monoisotopic (exact) mass is 1430 g/mol. The van der Waals surface area contributed by atoms with Gasteiger partial charge in [0, 0.05) is 19.3 Å². The molecule has 0 aliphatic rings. The maximum Gasteiger partial charge on any atom is 0.472 e. The van der Waals surface area contributed by atoms with Gasteiger partial charge in [-0.15, -0.1) is 0 Å². The minimum atomic E-state index is -4.93. The fourth-order valence-corrected chi connectivity index (χ4v) is 11.7. The second-order valence-corrected chi connectivity index (χ2v) is 28.3. The molecule has 0 spiro atoms. The highest BCUT2D eigenvalue weighted by atomic mass is 31.2. The first-order valence-electron chi connectivity index (χ1n) is 38.5. The Labute approximate surface area is 601 Å². The van der Waals surface area contributed by atoms with Crippen molar-refractivity contribution >= 4 is 33.6 Å². The molecule has 0 saturated heterocycles. The van der Waals surface area contributed by atoms with E-state index in [1.165, 1.54) is 96.3 Å². The Balaban J connectivity index is 4.56. The Morgan fingerprint density at radius 2 is 0.535 bits per heavy atom. The molecule has 0 radical (unpaired) electrons. The van der Waals surface area contributed by atoms with Gasteiger partial charge in [-0.25, -0.2) is 9.13 Å². The molecule has 0 amide bonds. The Morgan fingerprint density at radius 3 is 0.848 bits per heavy atom. The Kier molecular flexibility index (Phi) is 70.2.